The van der Waals surface area contributed by atoms with Crippen molar-refractivity contribution < 1.29 is 9.59 Å². The van der Waals surface area contributed by atoms with Crippen molar-refractivity contribution in [2.45, 2.75) is 24.3 Å². The molecule has 122 valence electrons. The predicted octanol–water partition coefficient (Wildman–Crippen LogP) is 3.66. The minimum atomic E-state index is -0.322. The Labute approximate surface area is 144 Å². The molecule has 0 saturated carbocycles. The number of rotatable bonds is 5. The second-order valence-electron chi connectivity index (χ2n) is 5.42. The maximum Gasteiger partial charge on any atom is 0.237 e. The molecule has 5 nitrogen and oxygen atoms in total. The lowest BCUT2D eigenvalue weighted by molar-refractivity contribution is -0.115. The minimum absolute atomic E-state index is 0.0302. The first-order valence-electron chi connectivity index (χ1n) is 7.55. The van der Waals surface area contributed by atoms with Crippen molar-refractivity contribution in [2.24, 2.45) is 0 Å². The number of amides is 1. The third-order valence-corrected chi connectivity index (χ3v) is 4.67. The summed E-state index contributed by atoms with van der Waals surface area (Å²) in [4.78, 5) is 28.2. The molecule has 0 bridgehead atoms. The highest BCUT2D eigenvalue weighted by Gasteiger charge is 2.17. The number of ketones is 1. The number of carbonyl (C=O) groups excluding carboxylic acids is 2. The average molecular weight is 339 g/mol. The molecule has 0 saturated heterocycles. The molecular formula is C18H17N3O2S. The second kappa shape index (κ2) is 6.88. The summed E-state index contributed by atoms with van der Waals surface area (Å²) in [6.07, 6.45) is 3.70. The number of thioether (sulfide) groups is 1. The lowest BCUT2D eigenvalue weighted by Crippen LogP contribution is -2.22. The molecule has 0 spiro atoms. The molecule has 3 rings (SSSR count). The molecule has 3 aromatic rings. The lowest BCUT2D eigenvalue weighted by atomic mass is 10.1. The van der Waals surface area contributed by atoms with E-state index in [1.807, 2.05) is 35.7 Å². The fourth-order valence-electron chi connectivity index (χ4n) is 2.28. The summed E-state index contributed by atoms with van der Waals surface area (Å²) in [6.45, 7) is 3.33. The van der Waals surface area contributed by atoms with Gasteiger partial charge < -0.3 is 5.32 Å². The Balaban J connectivity index is 1.71. The first-order chi connectivity index (χ1) is 11.5. The third kappa shape index (κ3) is 3.49. The standard InChI is InChI=1S/C18H17N3O2S/c1-12(22)14-6-5-7-15(10-14)20-17(23)13(2)24-18-19-11-16-8-3-4-9-21(16)18/h3-11,13H,1-2H3,(H,20,23). The van der Waals surface area contributed by atoms with E-state index < -0.39 is 0 Å². The number of pyridine rings is 1. The zero-order valence-electron chi connectivity index (χ0n) is 13.4. The van der Waals surface area contributed by atoms with Crippen LogP contribution >= 0.6 is 11.8 Å². The Morgan fingerprint density at radius 3 is 2.83 bits per heavy atom. The Morgan fingerprint density at radius 1 is 1.21 bits per heavy atom. The van der Waals surface area contributed by atoms with Gasteiger partial charge in [-0.15, -0.1) is 0 Å². The van der Waals surface area contributed by atoms with E-state index in [9.17, 15) is 9.59 Å². The highest BCUT2D eigenvalue weighted by Crippen LogP contribution is 2.24. The van der Waals surface area contributed by atoms with Crippen LogP contribution in [0.2, 0.25) is 0 Å². The van der Waals surface area contributed by atoms with Crippen LogP contribution in [-0.4, -0.2) is 26.3 Å². The SMILES string of the molecule is CC(=O)c1cccc(NC(=O)C(C)Sc2ncc3ccccn23)c1. The molecular weight excluding hydrogens is 322 g/mol. The maximum atomic E-state index is 12.4. The van der Waals surface area contributed by atoms with E-state index in [1.54, 1.807) is 30.5 Å². The summed E-state index contributed by atoms with van der Waals surface area (Å²) in [7, 11) is 0. The van der Waals surface area contributed by atoms with Gasteiger partial charge >= 0.3 is 0 Å². The molecule has 1 unspecified atom stereocenters. The number of benzene rings is 1. The molecule has 0 radical (unpaired) electrons. The smallest absolute Gasteiger partial charge is 0.237 e. The van der Waals surface area contributed by atoms with Crippen LogP contribution in [0.5, 0.6) is 0 Å². The number of nitrogens with zero attached hydrogens (tertiary/aromatic N) is 2. The highest BCUT2D eigenvalue weighted by atomic mass is 32.2. The summed E-state index contributed by atoms with van der Waals surface area (Å²) in [5.41, 5.74) is 2.18. The van der Waals surface area contributed by atoms with Crippen molar-refractivity contribution in [1.29, 1.82) is 0 Å². The summed E-state index contributed by atoms with van der Waals surface area (Å²) >= 11 is 1.39. The number of hydrogen-bond acceptors (Lipinski definition) is 4. The van der Waals surface area contributed by atoms with Crippen molar-refractivity contribution in [2.75, 3.05) is 5.32 Å². The molecule has 1 aromatic carbocycles. The van der Waals surface area contributed by atoms with Gasteiger partial charge in [-0.2, -0.15) is 0 Å². The predicted molar refractivity (Wildman–Crippen MR) is 95.6 cm³/mol. The topological polar surface area (TPSA) is 63.5 Å². The van der Waals surface area contributed by atoms with E-state index in [0.717, 1.165) is 10.7 Å². The van der Waals surface area contributed by atoms with Crippen LogP contribution in [0.15, 0.2) is 60.0 Å². The van der Waals surface area contributed by atoms with Crippen LogP contribution in [0.3, 0.4) is 0 Å². The molecule has 0 aliphatic heterocycles. The number of carbonyl (C=O) groups is 2. The molecule has 2 heterocycles. The Bertz CT molecular complexity index is 904. The van der Waals surface area contributed by atoms with E-state index in [2.05, 4.69) is 10.3 Å². The largest absolute Gasteiger partial charge is 0.325 e. The first-order valence-corrected chi connectivity index (χ1v) is 8.43. The van der Waals surface area contributed by atoms with Gasteiger partial charge in [0, 0.05) is 17.4 Å². The van der Waals surface area contributed by atoms with Gasteiger partial charge in [-0.3, -0.25) is 14.0 Å². The fraction of sp³-hybridized carbons (Fsp3) is 0.167. The Hall–Kier alpha value is -2.60. The molecule has 1 amide bonds. The number of fused-ring (bicyclic) bond motifs is 1. The number of anilines is 1. The summed E-state index contributed by atoms with van der Waals surface area (Å²) < 4.78 is 1.95. The van der Waals surface area contributed by atoms with Crippen LogP contribution in [-0.2, 0) is 4.79 Å². The Morgan fingerprint density at radius 2 is 2.04 bits per heavy atom. The number of Topliss-reactive ketones (excluding diaryl/α,β-unsaturated/α-hetero) is 1. The zero-order valence-corrected chi connectivity index (χ0v) is 14.2. The second-order valence-corrected chi connectivity index (χ2v) is 6.73. The van der Waals surface area contributed by atoms with Gasteiger partial charge in [0.25, 0.3) is 0 Å². The summed E-state index contributed by atoms with van der Waals surface area (Å²) in [6, 6.07) is 12.8. The van der Waals surface area contributed by atoms with Crippen LogP contribution in [0.1, 0.15) is 24.2 Å². The Kier molecular flexibility index (Phi) is 4.66. The van der Waals surface area contributed by atoms with E-state index in [-0.39, 0.29) is 16.9 Å². The van der Waals surface area contributed by atoms with Gasteiger partial charge in [-0.1, -0.05) is 30.0 Å². The van der Waals surface area contributed by atoms with Crippen molar-refractivity contribution in [3.8, 4) is 0 Å². The maximum absolute atomic E-state index is 12.4. The molecule has 24 heavy (non-hydrogen) atoms. The summed E-state index contributed by atoms with van der Waals surface area (Å²) in [5, 5.41) is 3.30. The summed E-state index contributed by atoms with van der Waals surface area (Å²) in [5.74, 6) is -0.161. The van der Waals surface area contributed by atoms with Crippen molar-refractivity contribution in [1.82, 2.24) is 9.38 Å². The van der Waals surface area contributed by atoms with E-state index in [1.165, 1.54) is 18.7 Å². The fourth-order valence-corrected chi connectivity index (χ4v) is 3.15. The van der Waals surface area contributed by atoms with Crippen molar-refractivity contribution in [3.05, 3.63) is 60.4 Å². The van der Waals surface area contributed by atoms with Crippen LogP contribution < -0.4 is 5.32 Å². The molecule has 1 atom stereocenters. The third-order valence-electron chi connectivity index (χ3n) is 3.59. The van der Waals surface area contributed by atoms with Crippen LogP contribution in [0.25, 0.3) is 5.52 Å². The van der Waals surface area contributed by atoms with Gasteiger partial charge in [0.2, 0.25) is 5.91 Å². The van der Waals surface area contributed by atoms with Gasteiger partial charge in [-0.05, 0) is 38.1 Å². The molecule has 1 N–H and O–H groups in total. The van der Waals surface area contributed by atoms with Gasteiger partial charge in [0.1, 0.15) is 0 Å². The van der Waals surface area contributed by atoms with E-state index >= 15 is 0 Å². The van der Waals surface area contributed by atoms with Crippen molar-refractivity contribution >= 4 is 34.7 Å². The van der Waals surface area contributed by atoms with E-state index in [4.69, 9.17) is 0 Å². The van der Waals surface area contributed by atoms with Crippen LogP contribution in [0, 0.1) is 0 Å². The normalized spacial score (nSPS) is 12.1. The van der Waals surface area contributed by atoms with Gasteiger partial charge in [0.05, 0.1) is 17.0 Å². The minimum Gasteiger partial charge on any atom is -0.325 e. The molecule has 2 aromatic heterocycles. The average Bonchev–Trinajstić information content (AvgIpc) is 2.98. The molecule has 6 heteroatoms. The molecule has 0 aliphatic rings. The van der Waals surface area contributed by atoms with Gasteiger partial charge in [0.15, 0.2) is 10.9 Å². The number of hydrogen-bond donors (Lipinski definition) is 1. The van der Waals surface area contributed by atoms with Crippen molar-refractivity contribution in [3.63, 3.8) is 0 Å². The quantitative estimate of drug-likeness (QED) is 0.569. The zero-order chi connectivity index (χ0) is 17.1. The van der Waals surface area contributed by atoms with E-state index in [0.29, 0.717) is 11.3 Å². The number of aromatic nitrogens is 2. The van der Waals surface area contributed by atoms with Crippen LogP contribution in [0.4, 0.5) is 5.69 Å². The first kappa shape index (κ1) is 16.3. The highest BCUT2D eigenvalue weighted by molar-refractivity contribution is 8.00. The molecule has 0 aliphatic carbocycles. The number of imidazole rings is 1. The van der Waals surface area contributed by atoms with Gasteiger partial charge in [-0.25, -0.2) is 4.98 Å². The molecule has 0 fully saturated rings. The monoisotopic (exact) mass is 339 g/mol. The number of nitrogens with one attached hydrogen (secondary N) is 1. The lowest BCUT2D eigenvalue weighted by Gasteiger charge is -2.12.